The van der Waals surface area contributed by atoms with E-state index in [4.69, 9.17) is 4.74 Å². The molecule has 142 valence electrons. The molecular weight excluding hydrogens is 380 g/mol. The molecule has 1 aliphatic heterocycles. The molecule has 0 bridgehead atoms. The first-order chi connectivity index (χ1) is 13.6. The SMILES string of the molecule is O=C1Nc2c[s+](C(=O)O)c3nccc(c23)N1c1cccc(COC2CCC2)n1. The van der Waals surface area contributed by atoms with Crippen LogP contribution in [0.1, 0.15) is 25.0 Å². The lowest BCUT2D eigenvalue weighted by Crippen LogP contribution is -2.34. The molecular formula is C19H17N4O4S+. The largest absolute Gasteiger partial charge is 0.554 e. The third-order valence-corrected chi connectivity index (χ3v) is 6.60. The van der Waals surface area contributed by atoms with E-state index in [0.29, 0.717) is 40.1 Å². The number of anilines is 3. The van der Waals surface area contributed by atoms with Gasteiger partial charge in [0.05, 0.1) is 24.1 Å². The maximum absolute atomic E-state index is 12.8. The van der Waals surface area contributed by atoms with Gasteiger partial charge in [-0.05, 0) is 37.5 Å². The fraction of sp³-hybridized carbons (Fsp3) is 0.263. The molecule has 0 aromatic carbocycles. The van der Waals surface area contributed by atoms with Crippen LogP contribution >= 0.6 is 10.5 Å². The lowest BCUT2D eigenvalue weighted by Gasteiger charge is -2.27. The maximum Gasteiger partial charge on any atom is 0.554 e. The fourth-order valence-corrected chi connectivity index (χ4v) is 4.82. The number of thiophene rings is 1. The minimum absolute atomic E-state index is 0.300. The Morgan fingerprint density at radius 3 is 2.96 bits per heavy atom. The van der Waals surface area contributed by atoms with Crippen LogP contribution in [0.25, 0.3) is 10.2 Å². The molecule has 1 unspecified atom stereocenters. The molecule has 3 aromatic rings. The Labute approximate surface area is 162 Å². The number of nitrogens with one attached hydrogen (secondary N) is 1. The molecule has 1 aliphatic carbocycles. The van der Waals surface area contributed by atoms with Crippen molar-refractivity contribution >= 4 is 49.2 Å². The highest BCUT2D eigenvalue weighted by atomic mass is 32.2. The fourth-order valence-electron chi connectivity index (χ4n) is 3.42. The van der Waals surface area contributed by atoms with E-state index in [2.05, 4.69) is 15.3 Å². The molecule has 2 N–H and O–H groups in total. The number of aromatic nitrogens is 2. The Kier molecular flexibility index (Phi) is 3.99. The molecule has 5 rings (SSSR count). The molecule has 2 aliphatic rings. The van der Waals surface area contributed by atoms with Gasteiger partial charge in [-0.3, -0.25) is 0 Å². The number of pyridine rings is 2. The number of ether oxygens (including phenoxy) is 1. The highest BCUT2D eigenvalue weighted by molar-refractivity contribution is 7.54. The third kappa shape index (κ3) is 2.71. The summed E-state index contributed by atoms with van der Waals surface area (Å²) in [7, 11) is -1.19. The molecule has 4 heterocycles. The second-order valence-electron chi connectivity index (χ2n) is 6.76. The number of nitrogens with zero attached hydrogens (tertiary/aromatic N) is 3. The smallest absolute Gasteiger partial charge is 0.437 e. The zero-order valence-corrected chi connectivity index (χ0v) is 15.6. The number of carboxylic acid groups (broad SMARTS) is 1. The topological polar surface area (TPSA) is 105 Å². The van der Waals surface area contributed by atoms with Gasteiger partial charge in [0.2, 0.25) is 0 Å². The first-order valence-corrected chi connectivity index (χ1v) is 10.3. The normalized spacial score (nSPS) is 16.8. The van der Waals surface area contributed by atoms with E-state index in [-0.39, 0.29) is 6.03 Å². The van der Waals surface area contributed by atoms with Gasteiger partial charge >= 0.3 is 11.3 Å². The molecule has 8 nitrogen and oxygen atoms in total. The van der Waals surface area contributed by atoms with Crippen molar-refractivity contribution in [3.8, 4) is 0 Å². The third-order valence-electron chi connectivity index (χ3n) is 5.02. The van der Waals surface area contributed by atoms with Crippen molar-refractivity contribution in [2.45, 2.75) is 32.0 Å². The summed E-state index contributed by atoms with van der Waals surface area (Å²) in [6.45, 7) is 0.399. The summed E-state index contributed by atoms with van der Waals surface area (Å²) in [6, 6.07) is 6.79. The van der Waals surface area contributed by atoms with Gasteiger partial charge in [0.15, 0.2) is 5.38 Å². The minimum Gasteiger partial charge on any atom is -0.437 e. The van der Waals surface area contributed by atoms with Gasteiger partial charge in [0.1, 0.15) is 27.4 Å². The van der Waals surface area contributed by atoms with Crippen molar-refractivity contribution in [3.63, 3.8) is 0 Å². The number of rotatable bonds is 5. The molecule has 0 radical (unpaired) electrons. The molecule has 2 amide bonds. The van der Waals surface area contributed by atoms with Gasteiger partial charge in [0.25, 0.3) is 4.83 Å². The first-order valence-electron chi connectivity index (χ1n) is 8.97. The number of carbonyl (C=O) groups excluding carboxylic acids is 1. The van der Waals surface area contributed by atoms with Crippen molar-refractivity contribution in [3.05, 3.63) is 41.5 Å². The van der Waals surface area contributed by atoms with Crippen molar-refractivity contribution in [2.24, 2.45) is 0 Å². The molecule has 0 spiro atoms. The van der Waals surface area contributed by atoms with Crippen LogP contribution in [0.4, 0.5) is 26.8 Å². The van der Waals surface area contributed by atoms with Crippen molar-refractivity contribution in [1.82, 2.24) is 9.97 Å². The summed E-state index contributed by atoms with van der Waals surface area (Å²) in [5.41, 5.74) is 1.82. The molecule has 0 saturated heterocycles. The van der Waals surface area contributed by atoms with E-state index >= 15 is 0 Å². The summed E-state index contributed by atoms with van der Waals surface area (Å²) >= 11 is 0. The van der Waals surface area contributed by atoms with Crippen molar-refractivity contribution in [2.75, 3.05) is 10.2 Å². The predicted octanol–water partition coefficient (Wildman–Crippen LogP) is 4.66. The summed E-state index contributed by atoms with van der Waals surface area (Å²) in [5.74, 6) is 0.460. The van der Waals surface area contributed by atoms with E-state index in [1.165, 1.54) is 17.5 Å². The lowest BCUT2D eigenvalue weighted by molar-refractivity contribution is -0.0100. The first kappa shape index (κ1) is 17.1. The summed E-state index contributed by atoms with van der Waals surface area (Å²) in [5, 5.41) is 13.5. The predicted molar refractivity (Wildman–Crippen MR) is 105 cm³/mol. The van der Waals surface area contributed by atoms with Gasteiger partial charge in [-0.15, -0.1) is 0 Å². The highest BCUT2D eigenvalue weighted by Crippen LogP contribution is 2.46. The molecule has 1 atom stereocenters. The second kappa shape index (κ2) is 6.54. The number of urea groups is 1. The van der Waals surface area contributed by atoms with E-state index in [0.717, 1.165) is 18.5 Å². The Morgan fingerprint density at radius 1 is 1.36 bits per heavy atom. The zero-order valence-electron chi connectivity index (χ0n) is 14.8. The van der Waals surface area contributed by atoms with Crippen LogP contribution in [-0.2, 0) is 11.3 Å². The quantitative estimate of drug-likeness (QED) is 0.607. The Morgan fingerprint density at radius 2 is 2.21 bits per heavy atom. The summed E-state index contributed by atoms with van der Waals surface area (Å²) in [4.78, 5) is 35.1. The van der Waals surface area contributed by atoms with E-state index in [1.54, 1.807) is 17.5 Å². The minimum atomic E-state index is -1.19. The van der Waals surface area contributed by atoms with Gasteiger partial charge in [-0.25, -0.2) is 19.7 Å². The van der Waals surface area contributed by atoms with Crippen LogP contribution in [0.5, 0.6) is 0 Å². The summed E-state index contributed by atoms with van der Waals surface area (Å²) in [6.07, 6.45) is 5.19. The van der Waals surface area contributed by atoms with Gasteiger partial charge in [-0.2, -0.15) is 4.79 Å². The highest BCUT2D eigenvalue weighted by Gasteiger charge is 2.36. The molecule has 3 aromatic heterocycles. The number of carbonyl (C=O) groups is 2. The molecule has 1 fully saturated rings. The summed E-state index contributed by atoms with van der Waals surface area (Å²) < 4.78 is 5.82. The van der Waals surface area contributed by atoms with Crippen LogP contribution in [0.15, 0.2) is 35.8 Å². The number of amides is 2. The number of hydrogen-bond donors (Lipinski definition) is 2. The van der Waals surface area contributed by atoms with E-state index in [1.807, 2.05) is 12.1 Å². The van der Waals surface area contributed by atoms with Gasteiger partial charge in [-0.1, -0.05) is 6.07 Å². The van der Waals surface area contributed by atoms with Gasteiger partial charge in [0, 0.05) is 6.20 Å². The van der Waals surface area contributed by atoms with E-state index in [9.17, 15) is 14.7 Å². The van der Waals surface area contributed by atoms with Crippen molar-refractivity contribution in [1.29, 1.82) is 0 Å². The molecule has 1 saturated carbocycles. The Bertz CT molecular complexity index is 1110. The van der Waals surface area contributed by atoms with Crippen LogP contribution in [-0.4, -0.2) is 32.5 Å². The molecule has 9 heteroatoms. The maximum atomic E-state index is 12.8. The van der Waals surface area contributed by atoms with Crippen LogP contribution in [0.2, 0.25) is 0 Å². The Hall–Kier alpha value is -3.04. The van der Waals surface area contributed by atoms with Crippen LogP contribution in [0, 0.1) is 0 Å². The standard InChI is InChI=1S/C19H16N4O4S/c24-18-22-13-10-28(19(25)26)17-16(13)14(7-8-20-17)23(18)15-6-1-3-11(21-15)9-27-12-4-2-5-12/h1,3,6-8,10,12H,2,4-5,9H2,(H-,22,24,25,26)/p+1. The Balaban J connectivity index is 1.55. The zero-order chi connectivity index (χ0) is 19.3. The monoisotopic (exact) mass is 397 g/mol. The van der Waals surface area contributed by atoms with Crippen LogP contribution in [0.3, 0.4) is 0 Å². The van der Waals surface area contributed by atoms with E-state index < -0.39 is 15.8 Å². The number of hydrogen-bond acceptors (Lipinski definition) is 5. The average Bonchev–Trinajstić information content (AvgIpc) is 3.01. The van der Waals surface area contributed by atoms with Crippen molar-refractivity contribution < 1.29 is 19.4 Å². The second-order valence-corrected chi connectivity index (χ2v) is 8.41. The lowest BCUT2D eigenvalue weighted by atomic mass is 9.96. The molecule has 28 heavy (non-hydrogen) atoms. The van der Waals surface area contributed by atoms with Gasteiger partial charge < -0.3 is 15.2 Å². The van der Waals surface area contributed by atoms with Crippen LogP contribution < -0.4 is 10.2 Å². The average molecular weight is 397 g/mol.